The van der Waals surface area contributed by atoms with E-state index in [4.69, 9.17) is 4.74 Å². The van der Waals surface area contributed by atoms with Crippen molar-refractivity contribution in [1.82, 2.24) is 25.5 Å². The van der Waals surface area contributed by atoms with Gasteiger partial charge in [0.15, 0.2) is 5.82 Å². The molecule has 1 N–H and O–H groups in total. The Morgan fingerprint density at radius 2 is 1.96 bits per heavy atom. The van der Waals surface area contributed by atoms with Crippen molar-refractivity contribution in [3.8, 4) is 11.4 Å². The highest BCUT2D eigenvalue weighted by Crippen LogP contribution is 2.17. The molecule has 0 bridgehead atoms. The zero-order valence-corrected chi connectivity index (χ0v) is 14.4. The maximum Gasteiger partial charge on any atom is 0.255 e. The van der Waals surface area contributed by atoms with E-state index in [-0.39, 0.29) is 12.5 Å². The number of hydrogen-bond acceptors (Lipinski definition) is 5. The zero-order valence-electron chi connectivity index (χ0n) is 12.8. The number of tetrazole rings is 1. The molecular formula is C16H14BrN5O2. The number of hydrogen-bond donors (Lipinski definition) is 1. The van der Waals surface area contributed by atoms with Crippen LogP contribution in [-0.4, -0.2) is 33.2 Å². The molecular weight excluding hydrogens is 374 g/mol. The zero-order chi connectivity index (χ0) is 16.9. The number of nitrogens with one attached hydrogen (secondary N) is 1. The molecule has 0 saturated carbocycles. The van der Waals surface area contributed by atoms with Crippen molar-refractivity contribution >= 4 is 21.8 Å². The van der Waals surface area contributed by atoms with Gasteiger partial charge in [-0.15, -0.1) is 5.10 Å². The summed E-state index contributed by atoms with van der Waals surface area (Å²) in [5, 5.41) is 14.4. The summed E-state index contributed by atoms with van der Waals surface area (Å²) in [4.78, 5) is 12.3. The smallest absolute Gasteiger partial charge is 0.255 e. The van der Waals surface area contributed by atoms with Crippen LogP contribution < -0.4 is 10.1 Å². The Balaban J connectivity index is 1.75. The first kappa shape index (κ1) is 16.1. The number of rotatable bonds is 5. The van der Waals surface area contributed by atoms with E-state index < -0.39 is 0 Å². The molecule has 2 aromatic carbocycles. The summed E-state index contributed by atoms with van der Waals surface area (Å²) in [6, 6.07) is 14.6. The van der Waals surface area contributed by atoms with Gasteiger partial charge < -0.3 is 10.1 Å². The molecule has 0 spiro atoms. The maximum absolute atomic E-state index is 12.3. The van der Waals surface area contributed by atoms with Crippen LogP contribution in [0.2, 0.25) is 0 Å². The van der Waals surface area contributed by atoms with Crippen LogP contribution in [0.15, 0.2) is 53.0 Å². The van der Waals surface area contributed by atoms with Crippen LogP contribution >= 0.6 is 15.9 Å². The third-order valence-corrected chi connectivity index (χ3v) is 3.89. The molecule has 8 heteroatoms. The van der Waals surface area contributed by atoms with E-state index in [1.807, 2.05) is 30.3 Å². The lowest BCUT2D eigenvalue weighted by atomic mass is 10.2. The van der Waals surface area contributed by atoms with Gasteiger partial charge in [-0.1, -0.05) is 28.1 Å². The average Bonchev–Trinajstić information content (AvgIpc) is 3.08. The molecule has 1 heterocycles. The molecule has 0 aliphatic heterocycles. The van der Waals surface area contributed by atoms with Crippen LogP contribution in [-0.2, 0) is 6.54 Å². The molecule has 122 valence electrons. The summed E-state index contributed by atoms with van der Waals surface area (Å²) in [7, 11) is 1.53. The van der Waals surface area contributed by atoms with E-state index in [0.29, 0.717) is 17.1 Å². The first-order valence-corrected chi connectivity index (χ1v) is 7.93. The van der Waals surface area contributed by atoms with Gasteiger partial charge in [-0.2, -0.15) is 4.68 Å². The fourth-order valence-corrected chi connectivity index (χ4v) is 2.45. The Morgan fingerprint density at radius 1 is 1.21 bits per heavy atom. The number of amides is 1. The van der Waals surface area contributed by atoms with Crippen molar-refractivity contribution in [3.63, 3.8) is 0 Å². The molecule has 0 atom stereocenters. The summed E-state index contributed by atoms with van der Waals surface area (Å²) >= 11 is 3.39. The van der Waals surface area contributed by atoms with Crippen LogP contribution in [0.4, 0.5) is 0 Å². The van der Waals surface area contributed by atoms with Gasteiger partial charge in [0.1, 0.15) is 5.75 Å². The van der Waals surface area contributed by atoms with Gasteiger partial charge in [0.25, 0.3) is 5.91 Å². The first-order valence-electron chi connectivity index (χ1n) is 7.13. The summed E-state index contributed by atoms with van der Waals surface area (Å²) in [5.41, 5.74) is 1.27. The highest BCUT2D eigenvalue weighted by atomic mass is 79.9. The summed E-state index contributed by atoms with van der Waals surface area (Å²) in [6.45, 7) is 0.194. The van der Waals surface area contributed by atoms with Gasteiger partial charge >= 0.3 is 0 Å². The van der Waals surface area contributed by atoms with E-state index in [9.17, 15) is 4.79 Å². The van der Waals surface area contributed by atoms with Gasteiger partial charge in [-0.3, -0.25) is 4.79 Å². The summed E-state index contributed by atoms with van der Waals surface area (Å²) in [5.74, 6) is 0.792. The minimum Gasteiger partial charge on any atom is -0.496 e. The monoisotopic (exact) mass is 387 g/mol. The second-order valence-corrected chi connectivity index (χ2v) is 5.78. The molecule has 7 nitrogen and oxygen atoms in total. The van der Waals surface area contributed by atoms with Crippen molar-refractivity contribution in [2.75, 3.05) is 7.11 Å². The fourth-order valence-electron chi connectivity index (χ4n) is 2.19. The number of aromatic nitrogens is 4. The lowest BCUT2D eigenvalue weighted by Gasteiger charge is -2.09. The number of methoxy groups -OCH3 is 1. The van der Waals surface area contributed by atoms with E-state index in [1.165, 1.54) is 7.11 Å². The fraction of sp³-hybridized carbons (Fsp3) is 0.125. The minimum atomic E-state index is -0.252. The molecule has 0 saturated heterocycles. The summed E-state index contributed by atoms with van der Waals surface area (Å²) < 4.78 is 7.74. The second kappa shape index (κ2) is 7.22. The molecule has 0 unspecified atom stereocenters. The molecule has 24 heavy (non-hydrogen) atoms. The predicted molar refractivity (Wildman–Crippen MR) is 91.0 cm³/mol. The van der Waals surface area contributed by atoms with Crippen molar-refractivity contribution in [2.45, 2.75) is 6.54 Å². The Kier molecular flexibility index (Phi) is 4.85. The molecule has 3 rings (SSSR count). The van der Waals surface area contributed by atoms with E-state index in [2.05, 4.69) is 36.8 Å². The predicted octanol–water partition coefficient (Wildman–Crippen LogP) is 2.36. The standard InChI is InChI=1S/C16H14BrN5O2/c1-24-14-5-3-2-4-13(14)16(23)18-10-15-19-20-21-22(15)12-8-6-11(17)7-9-12/h2-9H,10H2,1H3,(H,18,23). The number of carbonyl (C=O) groups excluding carboxylic acids is 1. The third-order valence-electron chi connectivity index (χ3n) is 3.36. The van der Waals surface area contributed by atoms with Crippen LogP contribution in [0.3, 0.4) is 0 Å². The highest BCUT2D eigenvalue weighted by molar-refractivity contribution is 9.10. The molecule has 0 aliphatic rings. The van der Waals surface area contributed by atoms with Crippen LogP contribution in [0.25, 0.3) is 5.69 Å². The molecule has 0 fully saturated rings. The topological polar surface area (TPSA) is 81.9 Å². The normalized spacial score (nSPS) is 10.4. The first-order chi connectivity index (χ1) is 11.7. The Labute approximate surface area is 146 Å². The summed E-state index contributed by atoms with van der Waals surface area (Å²) in [6.07, 6.45) is 0. The number of ether oxygens (including phenoxy) is 1. The van der Waals surface area contributed by atoms with Gasteiger partial charge in [0, 0.05) is 4.47 Å². The quantitative estimate of drug-likeness (QED) is 0.726. The molecule has 0 aliphatic carbocycles. The number of benzene rings is 2. The number of para-hydroxylation sites is 1. The Hall–Kier alpha value is -2.74. The highest BCUT2D eigenvalue weighted by Gasteiger charge is 2.14. The van der Waals surface area contributed by atoms with Gasteiger partial charge in [-0.05, 0) is 46.8 Å². The number of halogens is 1. The molecule has 0 radical (unpaired) electrons. The number of carbonyl (C=O) groups is 1. The van der Waals surface area contributed by atoms with Crippen molar-refractivity contribution in [3.05, 3.63) is 64.4 Å². The van der Waals surface area contributed by atoms with Gasteiger partial charge in [0.2, 0.25) is 0 Å². The maximum atomic E-state index is 12.3. The van der Waals surface area contributed by atoms with Gasteiger partial charge in [0.05, 0.1) is 24.9 Å². The minimum absolute atomic E-state index is 0.194. The van der Waals surface area contributed by atoms with Crippen LogP contribution in [0, 0.1) is 0 Å². The Bertz CT molecular complexity index is 848. The molecule has 1 aromatic heterocycles. The average molecular weight is 388 g/mol. The van der Waals surface area contributed by atoms with Crippen molar-refractivity contribution < 1.29 is 9.53 Å². The van der Waals surface area contributed by atoms with E-state index in [1.54, 1.807) is 22.9 Å². The molecule has 1 amide bonds. The molecule has 3 aromatic rings. The largest absolute Gasteiger partial charge is 0.496 e. The van der Waals surface area contributed by atoms with Crippen LogP contribution in [0.1, 0.15) is 16.2 Å². The SMILES string of the molecule is COc1ccccc1C(=O)NCc1nnnn1-c1ccc(Br)cc1. The van der Waals surface area contributed by atoms with Gasteiger partial charge in [-0.25, -0.2) is 0 Å². The van der Waals surface area contributed by atoms with E-state index >= 15 is 0 Å². The third kappa shape index (κ3) is 3.43. The van der Waals surface area contributed by atoms with Crippen molar-refractivity contribution in [2.24, 2.45) is 0 Å². The van der Waals surface area contributed by atoms with Crippen LogP contribution in [0.5, 0.6) is 5.75 Å². The second-order valence-electron chi connectivity index (χ2n) is 4.87. The van der Waals surface area contributed by atoms with E-state index in [0.717, 1.165) is 10.2 Å². The van der Waals surface area contributed by atoms with Crippen molar-refractivity contribution in [1.29, 1.82) is 0 Å². The number of nitrogens with zero attached hydrogens (tertiary/aromatic N) is 4. The lowest BCUT2D eigenvalue weighted by molar-refractivity contribution is 0.0946. The lowest BCUT2D eigenvalue weighted by Crippen LogP contribution is -2.25. The Morgan fingerprint density at radius 3 is 2.71 bits per heavy atom.